The Kier molecular flexibility index (Phi) is 6.27. The average Bonchev–Trinajstić information content (AvgIpc) is 2.60. The lowest BCUT2D eigenvalue weighted by atomic mass is 10.3. The van der Waals surface area contributed by atoms with E-state index in [1.165, 1.54) is 25.3 Å². The number of rotatable bonds is 7. The molecule has 0 heterocycles. The summed E-state index contributed by atoms with van der Waals surface area (Å²) in [5.41, 5.74) is 0.270. The Morgan fingerprint density at radius 3 is 2.40 bits per heavy atom. The lowest BCUT2D eigenvalue weighted by Crippen LogP contribution is -2.36. The number of nitrogens with zero attached hydrogens (tertiary/aromatic N) is 1. The van der Waals surface area contributed by atoms with Crippen LogP contribution in [0.25, 0.3) is 0 Å². The summed E-state index contributed by atoms with van der Waals surface area (Å²) in [6.45, 7) is 1.84. The third-order valence-corrected chi connectivity index (χ3v) is 5.34. The molecule has 0 radical (unpaired) electrons. The van der Waals surface area contributed by atoms with Crippen molar-refractivity contribution in [1.29, 1.82) is 0 Å². The highest BCUT2D eigenvalue weighted by atomic mass is 35.5. The molecule has 2 rings (SSSR count). The van der Waals surface area contributed by atoms with Gasteiger partial charge < -0.3 is 9.47 Å². The molecule has 0 aliphatic heterocycles. The molecule has 134 valence electrons. The number of ether oxygens (including phenoxy) is 2. The van der Waals surface area contributed by atoms with E-state index in [4.69, 9.17) is 16.3 Å². The minimum absolute atomic E-state index is 0.0276. The van der Waals surface area contributed by atoms with Crippen LogP contribution in [0, 0.1) is 0 Å². The van der Waals surface area contributed by atoms with Crippen molar-refractivity contribution >= 4 is 33.3 Å². The first kappa shape index (κ1) is 19.1. The first-order valence-electron chi connectivity index (χ1n) is 7.46. The van der Waals surface area contributed by atoms with Crippen LogP contribution in [0.2, 0.25) is 5.02 Å². The summed E-state index contributed by atoms with van der Waals surface area (Å²) >= 11 is 5.96. The zero-order valence-electron chi connectivity index (χ0n) is 13.8. The third-order valence-electron chi connectivity index (χ3n) is 3.32. The molecule has 0 aromatic heterocycles. The number of carbonyl (C=O) groups excluding carboxylic acids is 1. The number of benzene rings is 2. The van der Waals surface area contributed by atoms with E-state index >= 15 is 0 Å². The van der Waals surface area contributed by atoms with E-state index in [-0.39, 0.29) is 10.6 Å². The van der Waals surface area contributed by atoms with E-state index in [1.54, 1.807) is 30.3 Å². The van der Waals surface area contributed by atoms with Gasteiger partial charge in [0, 0.05) is 5.02 Å². The fourth-order valence-corrected chi connectivity index (χ4v) is 3.72. The Labute approximate surface area is 152 Å². The molecule has 0 aliphatic carbocycles. The predicted octanol–water partition coefficient (Wildman–Crippen LogP) is 3.11. The van der Waals surface area contributed by atoms with Gasteiger partial charge in [0.1, 0.15) is 12.3 Å². The number of methoxy groups -OCH3 is 1. The van der Waals surface area contributed by atoms with Crippen molar-refractivity contribution < 1.29 is 22.7 Å². The second kappa shape index (κ2) is 8.22. The van der Waals surface area contributed by atoms with Crippen LogP contribution in [0.4, 0.5) is 5.69 Å². The molecule has 25 heavy (non-hydrogen) atoms. The van der Waals surface area contributed by atoms with Gasteiger partial charge in [-0.05, 0) is 49.4 Å². The monoisotopic (exact) mass is 383 g/mol. The molecule has 0 saturated heterocycles. The van der Waals surface area contributed by atoms with Crippen LogP contribution in [0.5, 0.6) is 5.75 Å². The van der Waals surface area contributed by atoms with Crippen molar-refractivity contribution in [3.63, 3.8) is 0 Å². The summed E-state index contributed by atoms with van der Waals surface area (Å²) in [6.07, 6.45) is 0. The Hall–Kier alpha value is -2.25. The summed E-state index contributed by atoms with van der Waals surface area (Å²) < 4.78 is 36.9. The molecule has 0 N–H and O–H groups in total. The second-order valence-corrected chi connectivity index (χ2v) is 7.27. The van der Waals surface area contributed by atoms with Gasteiger partial charge in [-0.3, -0.25) is 9.10 Å². The summed E-state index contributed by atoms with van der Waals surface area (Å²) in [4.78, 5) is 11.7. The Bertz CT molecular complexity index is 836. The molecular formula is C17H18ClNO5S. The van der Waals surface area contributed by atoms with Gasteiger partial charge in [0.25, 0.3) is 10.0 Å². The Morgan fingerprint density at radius 1 is 1.16 bits per heavy atom. The summed E-state index contributed by atoms with van der Waals surface area (Å²) in [5.74, 6) is -0.127. The molecule has 0 amide bonds. The number of carbonyl (C=O) groups is 1. The highest BCUT2D eigenvalue weighted by molar-refractivity contribution is 7.92. The zero-order valence-corrected chi connectivity index (χ0v) is 15.4. The first-order valence-corrected chi connectivity index (χ1v) is 9.28. The van der Waals surface area contributed by atoms with Crippen LogP contribution >= 0.6 is 11.6 Å². The number of esters is 1. The van der Waals surface area contributed by atoms with Gasteiger partial charge in [0.05, 0.1) is 24.3 Å². The SMILES string of the molecule is CCOc1ccc(S(=O)(=O)N(CC(=O)OC)c2cccc(Cl)c2)cc1. The highest BCUT2D eigenvalue weighted by Gasteiger charge is 2.27. The minimum Gasteiger partial charge on any atom is -0.494 e. The molecule has 0 spiro atoms. The van der Waals surface area contributed by atoms with E-state index < -0.39 is 22.5 Å². The third kappa shape index (κ3) is 4.64. The lowest BCUT2D eigenvalue weighted by molar-refractivity contribution is -0.138. The molecule has 2 aromatic carbocycles. The molecule has 0 unspecified atom stereocenters. The molecule has 0 fully saturated rings. The number of hydrogen-bond acceptors (Lipinski definition) is 5. The van der Waals surface area contributed by atoms with E-state index in [0.29, 0.717) is 17.4 Å². The van der Waals surface area contributed by atoms with Crippen LogP contribution in [0.1, 0.15) is 6.92 Å². The number of halogens is 1. The largest absolute Gasteiger partial charge is 0.494 e. The predicted molar refractivity (Wildman–Crippen MR) is 95.6 cm³/mol. The standard InChI is InChI=1S/C17H18ClNO5S/c1-3-24-15-7-9-16(10-8-15)25(21,22)19(12-17(20)23-2)14-6-4-5-13(18)11-14/h4-11H,3,12H2,1-2H3. The van der Waals surface area contributed by atoms with E-state index in [9.17, 15) is 13.2 Å². The fourth-order valence-electron chi connectivity index (χ4n) is 2.13. The van der Waals surface area contributed by atoms with E-state index in [1.807, 2.05) is 6.92 Å². The maximum atomic E-state index is 13.0. The van der Waals surface area contributed by atoms with Gasteiger partial charge in [-0.15, -0.1) is 0 Å². The molecule has 2 aromatic rings. The fraction of sp³-hybridized carbons (Fsp3) is 0.235. The van der Waals surface area contributed by atoms with Crippen molar-refractivity contribution in [1.82, 2.24) is 0 Å². The molecule has 8 heteroatoms. The number of sulfonamides is 1. The Balaban J connectivity index is 2.45. The zero-order chi connectivity index (χ0) is 18.4. The molecular weight excluding hydrogens is 366 g/mol. The Morgan fingerprint density at radius 2 is 1.84 bits per heavy atom. The van der Waals surface area contributed by atoms with Crippen molar-refractivity contribution in [3.8, 4) is 5.75 Å². The lowest BCUT2D eigenvalue weighted by Gasteiger charge is -2.23. The second-order valence-electron chi connectivity index (χ2n) is 4.97. The van der Waals surface area contributed by atoms with Crippen molar-refractivity contribution in [2.24, 2.45) is 0 Å². The molecule has 0 atom stereocenters. The summed E-state index contributed by atoms with van der Waals surface area (Å²) in [7, 11) is -2.79. The van der Waals surface area contributed by atoms with E-state index in [2.05, 4.69) is 4.74 Å². The maximum absolute atomic E-state index is 13.0. The number of anilines is 1. The van der Waals surface area contributed by atoms with Crippen LogP contribution < -0.4 is 9.04 Å². The van der Waals surface area contributed by atoms with Crippen molar-refractivity contribution in [2.45, 2.75) is 11.8 Å². The van der Waals surface area contributed by atoms with Crippen LogP contribution in [0.15, 0.2) is 53.4 Å². The summed E-state index contributed by atoms with van der Waals surface area (Å²) in [6, 6.07) is 12.2. The van der Waals surface area contributed by atoms with Gasteiger partial charge in [-0.1, -0.05) is 17.7 Å². The molecule has 6 nitrogen and oxygen atoms in total. The first-order chi connectivity index (χ1) is 11.9. The van der Waals surface area contributed by atoms with E-state index in [0.717, 1.165) is 4.31 Å². The van der Waals surface area contributed by atoms with Crippen molar-refractivity contribution in [2.75, 3.05) is 24.6 Å². The molecule has 0 saturated carbocycles. The van der Waals surface area contributed by atoms with Crippen LogP contribution in [-0.4, -0.2) is 34.6 Å². The maximum Gasteiger partial charge on any atom is 0.326 e. The minimum atomic E-state index is -3.99. The average molecular weight is 384 g/mol. The topological polar surface area (TPSA) is 72.9 Å². The normalized spacial score (nSPS) is 11.0. The van der Waals surface area contributed by atoms with Gasteiger partial charge in [-0.2, -0.15) is 0 Å². The molecule has 0 bridgehead atoms. The van der Waals surface area contributed by atoms with Gasteiger partial charge in [0.2, 0.25) is 0 Å². The van der Waals surface area contributed by atoms with Crippen molar-refractivity contribution in [3.05, 3.63) is 53.6 Å². The number of hydrogen-bond donors (Lipinski definition) is 0. The quantitative estimate of drug-likeness (QED) is 0.687. The summed E-state index contributed by atoms with van der Waals surface area (Å²) in [5, 5.41) is 0.356. The van der Waals surface area contributed by atoms with Crippen LogP contribution in [-0.2, 0) is 19.6 Å². The van der Waals surface area contributed by atoms with Crippen LogP contribution in [0.3, 0.4) is 0 Å². The molecule has 0 aliphatic rings. The van der Waals surface area contributed by atoms with Gasteiger partial charge in [0.15, 0.2) is 0 Å². The van der Waals surface area contributed by atoms with Gasteiger partial charge in [-0.25, -0.2) is 8.42 Å². The highest BCUT2D eigenvalue weighted by Crippen LogP contribution is 2.27. The smallest absolute Gasteiger partial charge is 0.326 e. The van der Waals surface area contributed by atoms with Gasteiger partial charge >= 0.3 is 5.97 Å².